The minimum absolute atomic E-state index is 0.0114. The first-order valence-corrected chi connectivity index (χ1v) is 8.04. The number of rotatable bonds is 4. The lowest BCUT2D eigenvalue weighted by atomic mass is 10.1. The van der Waals surface area contributed by atoms with Crippen molar-refractivity contribution in [2.75, 3.05) is 18.6 Å². The second kappa shape index (κ2) is 5.78. The first kappa shape index (κ1) is 14.8. The average molecular weight is 301 g/mol. The van der Waals surface area contributed by atoms with E-state index in [2.05, 4.69) is 5.32 Å². The summed E-state index contributed by atoms with van der Waals surface area (Å²) in [4.78, 5) is 11.8. The Labute approximate surface area is 117 Å². The molecule has 1 saturated heterocycles. The molecule has 0 aliphatic carbocycles. The van der Waals surface area contributed by atoms with Crippen LogP contribution in [0.15, 0.2) is 18.2 Å². The molecule has 1 atom stereocenters. The minimum Gasteiger partial charge on any atom is -0.494 e. The van der Waals surface area contributed by atoms with Gasteiger partial charge >= 0.3 is 0 Å². The third-order valence-corrected chi connectivity index (χ3v) is 4.95. The Balaban J connectivity index is 1.93. The number of amides is 1. The number of nitrogens with one attached hydrogen (secondary N) is 1. The predicted molar refractivity (Wildman–Crippen MR) is 71.9 cm³/mol. The molecule has 1 aliphatic heterocycles. The molecular formula is C13H16FNO4S. The van der Waals surface area contributed by atoms with Crippen LogP contribution >= 0.6 is 0 Å². The molecule has 0 unspecified atom stereocenters. The van der Waals surface area contributed by atoms with Crippen molar-refractivity contribution in [1.29, 1.82) is 0 Å². The number of carbonyl (C=O) groups is 1. The van der Waals surface area contributed by atoms with E-state index in [9.17, 15) is 17.6 Å². The van der Waals surface area contributed by atoms with Gasteiger partial charge in [-0.15, -0.1) is 0 Å². The molecule has 0 saturated carbocycles. The van der Waals surface area contributed by atoms with Gasteiger partial charge in [-0.05, 0) is 24.1 Å². The van der Waals surface area contributed by atoms with Crippen LogP contribution in [-0.4, -0.2) is 39.0 Å². The third-order valence-electron chi connectivity index (χ3n) is 3.18. The molecule has 0 radical (unpaired) electrons. The van der Waals surface area contributed by atoms with Gasteiger partial charge in [-0.2, -0.15) is 0 Å². The highest BCUT2D eigenvalue weighted by atomic mass is 32.2. The summed E-state index contributed by atoms with van der Waals surface area (Å²) in [5.74, 6) is -0.626. The maximum absolute atomic E-state index is 13.5. The van der Waals surface area contributed by atoms with Gasteiger partial charge in [-0.3, -0.25) is 4.79 Å². The molecule has 5 nitrogen and oxygen atoms in total. The zero-order valence-electron chi connectivity index (χ0n) is 11.1. The maximum Gasteiger partial charge on any atom is 0.224 e. The molecule has 1 amide bonds. The van der Waals surface area contributed by atoms with Gasteiger partial charge in [0, 0.05) is 6.04 Å². The molecule has 7 heteroatoms. The molecule has 0 aromatic heterocycles. The van der Waals surface area contributed by atoms with Crippen molar-refractivity contribution in [3.05, 3.63) is 29.6 Å². The minimum atomic E-state index is -3.02. The number of carbonyl (C=O) groups excluding carboxylic acids is 1. The van der Waals surface area contributed by atoms with Crippen LogP contribution in [0.2, 0.25) is 0 Å². The van der Waals surface area contributed by atoms with Crippen LogP contribution in [-0.2, 0) is 21.1 Å². The van der Waals surface area contributed by atoms with Crippen LogP contribution in [0, 0.1) is 5.82 Å². The summed E-state index contributed by atoms with van der Waals surface area (Å²) >= 11 is 0. The fourth-order valence-corrected chi connectivity index (χ4v) is 3.87. The normalized spacial score (nSPS) is 20.6. The Morgan fingerprint density at radius 1 is 1.50 bits per heavy atom. The van der Waals surface area contributed by atoms with Gasteiger partial charge in [0.05, 0.1) is 25.0 Å². The number of methoxy groups -OCH3 is 1. The number of halogens is 1. The van der Waals surface area contributed by atoms with E-state index in [1.807, 2.05) is 0 Å². The number of hydrogen-bond donors (Lipinski definition) is 1. The Morgan fingerprint density at radius 3 is 2.80 bits per heavy atom. The summed E-state index contributed by atoms with van der Waals surface area (Å²) in [6, 6.07) is 3.96. The lowest BCUT2D eigenvalue weighted by Gasteiger charge is -2.11. The predicted octanol–water partition coefficient (Wildman–Crippen LogP) is 0.680. The average Bonchev–Trinajstić information content (AvgIpc) is 2.68. The van der Waals surface area contributed by atoms with Crippen LogP contribution in [0.4, 0.5) is 4.39 Å². The molecule has 1 heterocycles. The summed E-state index contributed by atoms with van der Waals surface area (Å²) in [6.07, 6.45) is 0.447. The lowest BCUT2D eigenvalue weighted by Crippen LogP contribution is -2.36. The zero-order chi connectivity index (χ0) is 14.8. The zero-order valence-corrected chi connectivity index (χ0v) is 11.9. The van der Waals surface area contributed by atoms with Crippen molar-refractivity contribution in [1.82, 2.24) is 5.32 Å². The molecule has 20 heavy (non-hydrogen) atoms. The molecule has 1 fully saturated rings. The highest BCUT2D eigenvalue weighted by molar-refractivity contribution is 7.91. The van der Waals surface area contributed by atoms with E-state index in [-0.39, 0.29) is 35.6 Å². The van der Waals surface area contributed by atoms with Crippen molar-refractivity contribution in [3.8, 4) is 5.75 Å². The smallest absolute Gasteiger partial charge is 0.224 e. The Bertz CT molecular complexity index is 615. The number of hydrogen-bond acceptors (Lipinski definition) is 4. The largest absolute Gasteiger partial charge is 0.494 e. The summed E-state index contributed by atoms with van der Waals surface area (Å²) < 4.78 is 40.8. The van der Waals surface area contributed by atoms with Crippen LogP contribution in [0.5, 0.6) is 5.75 Å². The molecule has 0 spiro atoms. The van der Waals surface area contributed by atoms with E-state index in [0.717, 1.165) is 0 Å². The van der Waals surface area contributed by atoms with Gasteiger partial charge in [-0.25, -0.2) is 12.8 Å². The standard InChI is InChI=1S/C13H16FNO4S/c1-19-12-3-2-9(6-11(12)14)7-13(16)15-10-4-5-20(17,18)8-10/h2-3,6,10H,4-5,7-8H2,1H3,(H,15,16)/t10-/m0/s1. The van der Waals surface area contributed by atoms with E-state index in [0.29, 0.717) is 12.0 Å². The van der Waals surface area contributed by atoms with E-state index in [1.165, 1.54) is 19.2 Å². The van der Waals surface area contributed by atoms with Gasteiger partial charge in [-0.1, -0.05) is 6.07 Å². The van der Waals surface area contributed by atoms with E-state index in [4.69, 9.17) is 4.74 Å². The van der Waals surface area contributed by atoms with Gasteiger partial charge in [0.2, 0.25) is 5.91 Å². The van der Waals surface area contributed by atoms with E-state index in [1.54, 1.807) is 6.07 Å². The maximum atomic E-state index is 13.5. The quantitative estimate of drug-likeness (QED) is 0.887. The summed E-state index contributed by atoms with van der Waals surface area (Å²) in [5.41, 5.74) is 0.515. The van der Waals surface area contributed by atoms with Crippen molar-refractivity contribution in [2.45, 2.75) is 18.9 Å². The van der Waals surface area contributed by atoms with Crippen molar-refractivity contribution in [3.63, 3.8) is 0 Å². The third kappa shape index (κ3) is 3.69. The van der Waals surface area contributed by atoms with Crippen LogP contribution < -0.4 is 10.1 Å². The molecule has 1 aromatic rings. The highest BCUT2D eigenvalue weighted by Crippen LogP contribution is 2.18. The second-order valence-electron chi connectivity index (χ2n) is 4.81. The molecule has 2 rings (SSSR count). The summed E-state index contributed by atoms with van der Waals surface area (Å²) in [5, 5.41) is 2.66. The summed E-state index contributed by atoms with van der Waals surface area (Å²) in [6.45, 7) is 0. The Kier molecular flexibility index (Phi) is 4.27. The monoisotopic (exact) mass is 301 g/mol. The molecule has 1 N–H and O–H groups in total. The number of benzene rings is 1. The van der Waals surface area contributed by atoms with Gasteiger partial charge in [0.1, 0.15) is 0 Å². The van der Waals surface area contributed by atoms with E-state index >= 15 is 0 Å². The molecule has 110 valence electrons. The first-order chi connectivity index (χ1) is 9.39. The Morgan fingerprint density at radius 2 is 2.25 bits per heavy atom. The Hall–Kier alpha value is -1.63. The van der Waals surface area contributed by atoms with Crippen LogP contribution in [0.25, 0.3) is 0 Å². The van der Waals surface area contributed by atoms with Crippen molar-refractivity contribution < 1.29 is 22.3 Å². The molecule has 0 bridgehead atoms. The van der Waals surface area contributed by atoms with Crippen LogP contribution in [0.3, 0.4) is 0 Å². The van der Waals surface area contributed by atoms with Crippen molar-refractivity contribution in [2.24, 2.45) is 0 Å². The van der Waals surface area contributed by atoms with Gasteiger partial charge < -0.3 is 10.1 Å². The topological polar surface area (TPSA) is 72.5 Å². The molecule has 1 aromatic carbocycles. The summed E-state index contributed by atoms with van der Waals surface area (Å²) in [7, 11) is -1.65. The second-order valence-corrected chi connectivity index (χ2v) is 7.04. The molecule has 1 aliphatic rings. The molecular weight excluding hydrogens is 285 g/mol. The highest BCUT2D eigenvalue weighted by Gasteiger charge is 2.28. The van der Waals surface area contributed by atoms with Crippen molar-refractivity contribution >= 4 is 15.7 Å². The number of ether oxygens (including phenoxy) is 1. The van der Waals surface area contributed by atoms with Gasteiger partial charge in [0.25, 0.3) is 0 Å². The number of sulfone groups is 1. The SMILES string of the molecule is COc1ccc(CC(=O)N[C@H]2CCS(=O)(=O)C2)cc1F. The van der Waals surface area contributed by atoms with E-state index < -0.39 is 15.7 Å². The fourth-order valence-electron chi connectivity index (χ4n) is 2.19. The van der Waals surface area contributed by atoms with Gasteiger partial charge in [0.15, 0.2) is 21.4 Å². The fraction of sp³-hybridized carbons (Fsp3) is 0.462. The van der Waals surface area contributed by atoms with Crippen LogP contribution in [0.1, 0.15) is 12.0 Å². The lowest BCUT2D eigenvalue weighted by molar-refractivity contribution is -0.121. The first-order valence-electron chi connectivity index (χ1n) is 6.22.